The topological polar surface area (TPSA) is 99.1 Å². The SMILES string of the molecule is Cc1cc(Nc2ccc(Br)cc2C#N)cc(C(=O)O)c1N. The van der Waals surface area contributed by atoms with Crippen molar-refractivity contribution in [3.8, 4) is 6.07 Å². The first kappa shape index (κ1) is 14.9. The highest BCUT2D eigenvalue weighted by molar-refractivity contribution is 9.10. The lowest BCUT2D eigenvalue weighted by molar-refractivity contribution is 0.0698. The Bertz CT molecular complexity index is 766. The summed E-state index contributed by atoms with van der Waals surface area (Å²) in [6.45, 7) is 1.74. The number of anilines is 3. The summed E-state index contributed by atoms with van der Waals surface area (Å²) < 4.78 is 0.796. The van der Waals surface area contributed by atoms with E-state index in [0.717, 1.165) is 4.47 Å². The normalized spacial score (nSPS) is 9.95. The summed E-state index contributed by atoms with van der Waals surface area (Å²) in [7, 11) is 0. The minimum atomic E-state index is -1.09. The van der Waals surface area contributed by atoms with Gasteiger partial charge in [-0.05, 0) is 42.8 Å². The van der Waals surface area contributed by atoms with E-state index in [1.54, 1.807) is 31.2 Å². The van der Waals surface area contributed by atoms with Gasteiger partial charge in [-0.2, -0.15) is 5.26 Å². The molecule has 0 spiro atoms. The highest BCUT2D eigenvalue weighted by Gasteiger charge is 2.12. The molecule has 0 amide bonds. The predicted octanol–water partition coefficient (Wildman–Crippen LogP) is 3.65. The first-order chi connectivity index (χ1) is 9.92. The van der Waals surface area contributed by atoms with Crippen LogP contribution in [0.15, 0.2) is 34.8 Å². The molecule has 0 radical (unpaired) electrons. The predicted molar refractivity (Wildman–Crippen MR) is 84.7 cm³/mol. The van der Waals surface area contributed by atoms with E-state index in [4.69, 9.17) is 16.1 Å². The highest BCUT2D eigenvalue weighted by Crippen LogP contribution is 2.28. The number of carboxylic acids is 1. The summed E-state index contributed by atoms with van der Waals surface area (Å²) in [6.07, 6.45) is 0. The van der Waals surface area contributed by atoms with Crippen LogP contribution in [0.2, 0.25) is 0 Å². The lowest BCUT2D eigenvalue weighted by atomic mass is 10.1. The van der Waals surface area contributed by atoms with Crippen molar-refractivity contribution in [3.63, 3.8) is 0 Å². The molecule has 0 aliphatic heterocycles. The van der Waals surface area contributed by atoms with Gasteiger partial charge in [-0.3, -0.25) is 0 Å². The first-order valence-corrected chi connectivity index (χ1v) is 6.81. The highest BCUT2D eigenvalue weighted by atomic mass is 79.9. The molecule has 0 aromatic heterocycles. The maximum atomic E-state index is 11.2. The minimum absolute atomic E-state index is 0.0353. The monoisotopic (exact) mass is 345 g/mol. The molecule has 0 aliphatic rings. The molecule has 2 aromatic carbocycles. The molecule has 6 heteroatoms. The maximum absolute atomic E-state index is 11.2. The van der Waals surface area contributed by atoms with E-state index in [1.807, 2.05) is 0 Å². The molecule has 5 nitrogen and oxygen atoms in total. The fourth-order valence-corrected chi connectivity index (χ4v) is 2.28. The number of nitrogens with zero attached hydrogens (tertiary/aromatic N) is 1. The molecule has 0 aliphatic carbocycles. The van der Waals surface area contributed by atoms with Crippen molar-refractivity contribution >= 4 is 39.0 Å². The molecule has 0 bridgehead atoms. The number of carbonyl (C=O) groups is 1. The molecule has 2 rings (SSSR count). The van der Waals surface area contributed by atoms with Crippen molar-refractivity contribution < 1.29 is 9.90 Å². The van der Waals surface area contributed by atoms with Gasteiger partial charge in [0, 0.05) is 15.8 Å². The number of carboxylic acid groups (broad SMARTS) is 1. The molecule has 106 valence electrons. The van der Waals surface area contributed by atoms with E-state index in [2.05, 4.69) is 27.3 Å². The van der Waals surface area contributed by atoms with Crippen LogP contribution in [-0.2, 0) is 0 Å². The van der Waals surface area contributed by atoms with Gasteiger partial charge >= 0.3 is 5.97 Å². The molecule has 2 aromatic rings. The standard InChI is InChI=1S/C15H12BrN3O2/c1-8-4-11(6-12(14(8)18)15(20)21)19-13-3-2-10(16)5-9(13)7-17/h2-6,19H,18H2,1H3,(H,20,21). The van der Waals surface area contributed by atoms with Crippen LogP contribution >= 0.6 is 15.9 Å². The number of hydrogen-bond donors (Lipinski definition) is 3. The summed E-state index contributed by atoms with van der Waals surface area (Å²) in [5, 5.41) is 21.3. The molecule has 0 saturated heterocycles. The smallest absolute Gasteiger partial charge is 0.337 e. The number of nitriles is 1. The third-order valence-corrected chi connectivity index (χ3v) is 3.49. The van der Waals surface area contributed by atoms with Gasteiger partial charge in [0.05, 0.1) is 16.8 Å². The number of hydrogen-bond acceptors (Lipinski definition) is 4. The van der Waals surface area contributed by atoms with Gasteiger partial charge in [-0.25, -0.2) is 4.79 Å². The molecule has 21 heavy (non-hydrogen) atoms. The number of nitrogen functional groups attached to an aromatic ring is 1. The Morgan fingerprint density at radius 3 is 2.71 bits per heavy atom. The maximum Gasteiger partial charge on any atom is 0.337 e. The second-order valence-corrected chi connectivity index (χ2v) is 5.40. The fourth-order valence-electron chi connectivity index (χ4n) is 1.92. The summed E-state index contributed by atoms with van der Waals surface area (Å²) in [6, 6.07) is 10.5. The van der Waals surface area contributed by atoms with Crippen molar-refractivity contribution in [1.82, 2.24) is 0 Å². The van der Waals surface area contributed by atoms with Crippen LogP contribution in [0.25, 0.3) is 0 Å². The van der Waals surface area contributed by atoms with Gasteiger partial charge in [0.25, 0.3) is 0 Å². The summed E-state index contributed by atoms with van der Waals surface area (Å²) in [4.78, 5) is 11.2. The van der Waals surface area contributed by atoms with E-state index in [0.29, 0.717) is 22.5 Å². The molecule has 0 fully saturated rings. The number of aryl methyl sites for hydroxylation is 1. The van der Waals surface area contributed by atoms with Crippen molar-refractivity contribution in [2.45, 2.75) is 6.92 Å². The van der Waals surface area contributed by atoms with E-state index < -0.39 is 5.97 Å². The second kappa shape index (κ2) is 5.85. The Labute approximate surface area is 130 Å². The molecule has 0 saturated carbocycles. The molecule has 0 atom stereocenters. The van der Waals surface area contributed by atoms with Crippen LogP contribution in [-0.4, -0.2) is 11.1 Å². The second-order valence-electron chi connectivity index (χ2n) is 4.49. The number of nitrogens with one attached hydrogen (secondary N) is 1. The zero-order valence-corrected chi connectivity index (χ0v) is 12.7. The van der Waals surface area contributed by atoms with Crippen LogP contribution in [0.4, 0.5) is 17.1 Å². The summed E-state index contributed by atoms with van der Waals surface area (Å²) in [5.74, 6) is -1.09. The van der Waals surface area contributed by atoms with Crippen molar-refractivity contribution in [3.05, 3.63) is 51.5 Å². The van der Waals surface area contributed by atoms with E-state index in [1.165, 1.54) is 6.07 Å². The Morgan fingerprint density at radius 2 is 2.10 bits per heavy atom. The van der Waals surface area contributed by atoms with Crippen LogP contribution in [0.5, 0.6) is 0 Å². The Hall–Kier alpha value is -2.52. The van der Waals surface area contributed by atoms with Gasteiger partial charge in [0.1, 0.15) is 6.07 Å². The number of halogens is 1. The number of aromatic carboxylic acids is 1. The van der Waals surface area contributed by atoms with Crippen LogP contribution in [0.1, 0.15) is 21.5 Å². The van der Waals surface area contributed by atoms with Gasteiger partial charge in [-0.1, -0.05) is 15.9 Å². The van der Waals surface area contributed by atoms with Gasteiger partial charge < -0.3 is 16.2 Å². The Balaban J connectivity index is 2.46. The van der Waals surface area contributed by atoms with Gasteiger partial charge in [-0.15, -0.1) is 0 Å². The van der Waals surface area contributed by atoms with Crippen LogP contribution < -0.4 is 11.1 Å². The average molecular weight is 346 g/mol. The molecular weight excluding hydrogens is 334 g/mol. The van der Waals surface area contributed by atoms with Gasteiger partial charge in [0.15, 0.2) is 0 Å². The van der Waals surface area contributed by atoms with Crippen molar-refractivity contribution in [2.75, 3.05) is 11.1 Å². The number of nitrogens with two attached hydrogens (primary N) is 1. The van der Waals surface area contributed by atoms with Gasteiger partial charge in [0.2, 0.25) is 0 Å². The summed E-state index contributed by atoms with van der Waals surface area (Å²) >= 11 is 3.30. The largest absolute Gasteiger partial charge is 0.478 e. The zero-order valence-electron chi connectivity index (χ0n) is 11.1. The molecule has 0 heterocycles. The van der Waals surface area contributed by atoms with E-state index in [9.17, 15) is 4.79 Å². The lowest BCUT2D eigenvalue weighted by Crippen LogP contribution is -2.06. The average Bonchev–Trinajstić information content (AvgIpc) is 2.44. The number of benzene rings is 2. The molecular formula is C15H12BrN3O2. The lowest BCUT2D eigenvalue weighted by Gasteiger charge is -2.12. The van der Waals surface area contributed by atoms with E-state index in [-0.39, 0.29) is 11.3 Å². The van der Waals surface area contributed by atoms with E-state index >= 15 is 0 Å². The first-order valence-electron chi connectivity index (χ1n) is 6.02. The quantitative estimate of drug-likeness (QED) is 0.737. The van der Waals surface area contributed by atoms with Crippen LogP contribution in [0, 0.1) is 18.3 Å². The van der Waals surface area contributed by atoms with Crippen molar-refractivity contribution in [1.29, 1.82) is 5.26 Å². The molecule has 0 unspecified atom stereocenters. The van der Waals surface area contributed by atoms with Crippen LogP contribution in [0.3, 0.4) is 0 Å². The molecule has 4 N–H and O–H groups in total. The third kappa shape index (κ3) is 3.15. The Kier molecular flexibility index (Phi) is 4.15. The number of rotatable bonds is 3. The summed E-state index contributed by atoms with van der Waals surface area (Å²) in [5.41, 5.74) is 8.31. The zero-order chi connectivity index (χ0) is 15.6. The van der Waals surface area contributed by atoms with Crippen molar-refractivity contribution in [2.24, 2.45) is 0 Å². The Morgan fingerprint density at radius 1 is 1.38 bits per heavy atom. The minimum Gasteiger partial charge on any atom is -0.478 e. The third-order valence-electron chi connectivity index (χ3n) is 3.00. The fraction of sp³-hybridized carbons (Fsp3) is 0.0667.